The number of carbonyl (C=O) groups is 2. The van der Waals surface area contributed by atoms with Gasteiger partial charge in [0.15, 0.2) is 0 Å². The highest BCUT2D eigenvalue weighted by atomic mass is 35.5. The van der Waals surface area contributed by atoms with E-state index >= 15 is 0 Å². The lowest BCUT2D eigenvalue weighted by Crippen LogP contribution is -1.90. The minimum atomic E-state index is -0.464. The van der Waals surface area contributed by atoms with Gasteiger partial charge >= 0.3 is 0 Å². The van der Waals surface area contributed by atoms with Crippen LogP contribution in [0.1, 0.15) is 20.7 Å². The zero-order chi connectivity index (χ0) is 16.8. The second kappa shape index (κ2) is 5.59. The molecule has 0 heterocycles. The van der Waals surface area contributed by atoms with Crippen LogP contribution in [0.4, 0.5) is 0 Å². The van der Waals surface area contributed by atoms with Gasteiger partial charge in [-0.15, -0.1) is 0 Å². The van der Waals surface area contributed by atoms with E-state index in [1.54, 1.807) is 24.3 Å². The second-order valence-electron chi connectivity index (χ2n) is 5.65. The van der Waals surface area contributed by atoms with Gasteiger partial charge in [-0.25, -0.2) is 0 Å². The molecule has 4 aromatic carbocycles. The highest BCUT2D eigenvalue weighted by Crippen LogP contribution is 2.32. The lowest BCUT2D eigenvalue weighted by atomic mass is 9.95. The molecule has 4 heteroatoms. The summed E-state index contributed by atoms with van der Waals surface area (Å²) in [5.74, 6) is 0. The predicted octanol–water partition coefficient (Wildman–Crippen LogP) is 5.90. The number of rotatable bonds is 2. The van der Waals surface area contributed by atoms with Gasteiger partial charge in [0.1, 0.15) is 0 Å². The van der Waals surface area contributed by atoms with Gasteiger partial charge in [-0.3, -0.25) is 9.59 Å². The zero-order valence-electron chi connectivity index (χ0n) is 12.3. The van der Waals surface area contributed by atoms with Crippen molar-refractivity contribution < 1.29 is 9.59 Å². The monoisotopic (exact) mass is 352 g/mol. The molecule has 0 unspecified atom stereocenters. The highest BCUT2D eigenvalue weighted by Gasteiger charge is 2.09. The normalized spacial score (nSPS) is 11.2. The van der Waals surface area contributed by atoms with Crippen LogP contribution in [-0.4, -0.2) is 10.5 Å². The lowest BCUT2D eigenvalue weighted by molar-refractivity contribution is 0.107. The van der Waals surface area contributed by atoms with E-state index in [1.165, 1.54) is 0 Å². The molecule has 0 bridgehead atoms. The number of benzene rings is 4. The second-order valence-corrected chi connectivity index (χ2v) is 6.33. The van der Waals surface area contributed by atoms with Crippen LogP contribution < -0.4 is 0 Å². The Balaban J connectivity index is 2.05. The van der Waals surface area contributed by atoms with E-state index in [1.807, 2.05) is 36.4 Å². The van der Waals surface area contributed by atoms with E-state index in [-0.39, 0.29) is 0 Å². The van der Waals surface area contributed by atoms with Crippen molar-refractivity contribution in [3.63, 3.8) is 0 Å². The summed E-state index contributed by atoms with van der Waals surface area (Å²) in [5, 5.41) is 5.25. The van der Waals surface area contributed by atoms with Crippen LogP contribution in [0.3, 0.4) is 0 Å². The first-order valence-electron chi connectivity index (χ1n) is 7.33. The minimum Gasteiger partial charge on any atom is -0.276 e. The van der Waals surface area contributed by atoms with E-state index in [9.17, 15) is 9.59 Å². The van der Waals surface area contributed by atoms with E-state index < -0.39 is 10.5 Å². The molecule has 0 N–H and O–H groups in total. The molecule has 0 radical (unpaired) electrons. The third-order valence-electron chi connectivity index (χ3n) is 4.29. The third kappa shape index (κ3) is 2.35. The Hall–Kier alpha value is -2.42. The topological polar surface area (TPSA) is 34.1 Å². The van der Waals surface area contributed by atoms with Crippen molar-refractivity contribution in [2.24, 2.45) is 0 Å². The average Bonchev–Trinajstić information content (AvgIpc) is 2.59. The summed E-state index contributed by atoms with van der Waals surface area (Å²) in [5.41, 5.74) is 0.962. The van der Waals surface area contributed by atoms with Gasteiger partial charge in [0.2, 0.25) is 0 Å². The van der Waals surface area contributed by atoms with Gasteiger partial charge in [-0.2, -0.15) is 0 Å². The Kier molecular flexibility index (Phi) is 3.52. The molecular weight excluding hydrogens is 343 g/mol. The van der Waals surface area contributed by atoms with Crippen LogP contribution >= 0.6 is 23.2 Å². The summed E-state index contributed by atoms with van der Waals surface area (Å²) in [6.07, 6.45) is 0. The zero-order valence-corrected chi connectivity index (χ0v) is 13.9. The predicted molar refractivity (Wildman–Crippen MR) is 99.3 cm³/mol. The molecule has 0 fully saturated rings. The van der Waals surface area contributed by atoms with Gasteiger partial charge in [0, 0.05) is 11.1 Å². The van der Waals surface area contributed by atoms with Crippen LogP contribution in [-0.2, 0) is 0 Å². The first-order chi connectivity index (χ1) is 11.5. The maximum absolute atomic E-state index is 11.3. The molecule has 2 nitrogen and oxygen atoms in total. The van der Waals surface area contributed by atoms with Crippen molar-refractivity contribution in [3.05, 3.63) is 71.8 Å². The third-order valence-corrected chi connectivity index (χ3v) is 4.72. The molecule has 0 spiro atoms. The molecule has 0 aromatic heterocycles. The molecular formula is C20H10Cl2O2. The van der Waals surface area contributed by atoms with Crippen molar-refractivity contribution >= 4 is 66.0 Å². The molecule has 0 saturated heterocycles. The van der Waals surface area contributed by atoms with Crippen molar-refractivity contribution in [1.29, 1.82) is 0 Å². The molecule has 4 rings (SSSR count). The van der Waals surface area contributed by atoms with Crippen LogP contribution in [0.15, 0.2) is 60.7 Å². The quantitative estimate of drug-likeness (QED) is 0.332. The van der Waals surface area contributed by atoms with Gasteiger partial charge in [0.25, 0.3) is 10.5 Å². The summed E-state index contributed by atoms with van der Waals surface area (Å²) in [6, 6.07) is 18.9. The van der Waals surface area contributed by atoms with Crippen LogP contribution in [0.25, 0.3) is 32.3 Å². The summed E-state index contributed by atoms with van der Waals surface area (Å²) < 4.78 is 0. The summed E-state index contributed by atoms with van der Waals surface area (Å²) in [4.78, 5) is 22.7. The lowest BCUT2D eigenvalue weighted by Gasteiger charge is -2.09. The fraction of sp³-hybridized carbons (Fsp3) is 0. The van der Waals surface area contributed by atoms with Crippen molar-refractivity contribution in [2.75, 3.05) is 0 Å². The summed E-state index contributed by atoms with van der Waals surface area (Å²) in [6.45, 7) is 0. The Bertz CT molecular complexity index is 1070. The van der Waals surface area contributed by atoms with E-state index in [0.717, 1.165) is 32.3 Å². The van der Waals surface area contributed by atoms with Crippen molar-refractivity contribution in [1.82, 2.24) is 0 Å². The molecule has 0 aliphatic heterocycles. The number of carbonyl (C=O) groups excluding carboxylic acids is 2. The van der Waals surface area contributed by atoms with Crippen LogP contribution in [0.2, 0.25) is 0 Å². The van der Waals surface area contributed by atoms with Crippen LogP contribution in [0.5, 0.6) is 0 Å². The molecule has 0 atom stereocenters. The number of hydrogen-bond donors (Lipinski definition) is 0. The fourth-order valence-electron chi connectivity index (χ4n) is 3.13. The smallest absolute Gasteiger partial charge is 0.252 e. The Morgan fingerprint density at radius 2 is 0.917 bits per heavy atom. The number of hydrogen-bond acceptors (Lipinski definition) is 2. The minimum absolute atomic E-state index is 0.464. The standard InChI is InChI=1S/C20H10Cl2O2/c21-19(23)13-3-5-15-11(9-13)1-7-17-16-6-4-14(20(22)24)10-12(16)2-8-18(15)17/h1-10H. The van der Waals surface area contributed by atoms with E-state index in [0.29, 0.717) is 11.1 Å². The van der Waals surface area contributed by atoms with Gasteiger partial charge in [-0.1, -0.05) is 36.4 Å². The SMILES string of the molecule is O=C(Cl)c1ccc2c(ccc3c4ccc(C(=O)Cl)cc4ccc23)c1. The molecule has 4 aromatic rings. The first kappa shape index (κ1) is 15.1. The van der Waals surface area contributed by atoms with Gasteiger partial charge < -0.3 is 0 Å². The number of halogens is 2. The van der Waals surface area contributed by atoms with Gasteiger partial charge in [-0.05, 0) is 79.8 Å². The Morgan fingerprint density at radius 3 is 1.29 bits per heavy atom. The van der Waals surface area contributed by atoms with E-state index in [2.05, 4.69) is 0 Å². The van der Waals surface area contributed by atoms with Gasteiger partial charge in [0.05, 0.1) is 0 Å². The van der Waals surface area contributed by atoms with Crippen LogP contribution in [0, 0.1) is 0 Å². The largest absolute Gasteiger partial charge is 0.276 e. The maximum atomic E-state index is 11.3. The molecule has 24 heavy (non-hydrogen) atoms. The highest BCUT2D eigenvalue weighted by molar-refractivity contribution is 6.68. The molecule has 0 aliphatic rings. The van der Waals surface area contributed by atoms with E-state index in [4.69, 9.17) is 23.2 Å². The number of fused-ring (bicyclic) bond motifs is 5. The summed E-state index contributed by atoms with van der Waals surface area (Å²) in [7, 11) is 0. The Morgan fingerprint density at radius 1 is 0.542 bits per heavy atom. The summed E-state index contributed by atoms with van der Waals surface area (Å²) >= 11 is 11.1. The maximum Gasteiger partial charge on any atom is 0.252 e. The Labute approximate surface area is 147 Å². The molecule has 116 valence electrons. The van der Waals surface area contributed by atoms with Crippen molar-refractivity contribution in [3.8, 4) is 0 Å². The molecule has 0 aliphatic carbocycles. The van der Waals surface area contributed by atoms with Crippen molar-refractivity contribution in [2.45, 2.75) is 0 Å². The molecule has 0 amide bonds. The first-order valence-corrected chi connectivity index (χ1v) is 8.09. The fourth-order valence-corrected chi connectivity index (χ4v) is 3.37. The average molecular weight is 353 g/mol. The molecule has 0 saturated carbocycles.